The number of aryl methyl sites for hydroxylation is 2. The first-order valence-corrected chi connectivity index (χ1v) is 8.20. The Morgan fingerprint density at radius 2 is 2.18 bits per heavy atom. The molecule has 5 heteroatoms. The average molecular weight is 325 g/mol. The summed E-state index contributed by atoms with van der Waals surface area (Å²) in [5.41, 5.74) is 2.78. The summed E-state index contributed by atoms with van der Waals surface area (Å²) in [6.45, 7) is 5.90. The molecule has 1 aromatic rings. The van der Waals surface area contributed by atoms with Gasteiger partial charge in [0.05, 0.1) is 23.4 Å². The van der Waals surface area contributed by atoms with Crippen LogP contribution in [0.3, 0.4) is 0 Å². The third-order valence-electron chi connectivity index (χ3n) is 3.90. The van der Waals surface area contributed by atoms with Crippen molar-refractivity contribution < 1.29 is 9.53 Å². The lowest BCUT2D eigenvalue weighted by atomic mass is 10.1. The highest BCUT2D eigenvalue weighted by Gasteiger charge is 2.18. The second-order valence-electron chi connectivity index (χ2n) is 6.17. The fourth-order valence-corrected chi connectivity index (χ4v) is 3.23. The molecule has 1 aliphatic heterocycles. The number of nitrogens with zero attached hydrogens (tertiary/aromatic N) is 1. The van der Waals surface area contributed by atoms with Crippen LogP contribution in [0.2, 0.25) is 5.02 Å². The number of likely N-dealkylation sites (N-methyl/N-ethyl adjacent to an activating group) is 1. The molecule has 1 saturated heterocycles. The number of carbonyl (C=O) groups excluding carboxylic acids is 1. The number of ether oxygens (including phenoxy) is 1. The summed E-state index contributed by atoms with van der Waals surface area (Å²) in [6.07, 6.45) is 3.68. The Kier molecular flexibility index (Phi) is 6.24. The first kappa shape index (κ1) is 17.3. The maximum absolute atomic E-state index is 12.2. The van der Waals surface area contributed by atoms with E-state index >= 15 is 0 Å². The standard InChI is InChI=1S/C17H25ClN2O2/c1-12-8-13(2)17(15(18)9-12)19-16(21)11-20(3)10-14-6-4-5-7-22-14/h8-9,14H,4-7,10-11H2,1-3H3,(H,19,21). The molecule has 1 aliphatic rings. The van der Waals surface area contributed by atoms with Crippen LogP contribution in [0.4, 0.5) is 5.69 Å². The summed E-state index contributed by atoms with van der Waals surface area (Å²) in [7, 11) is 1.95. The lowest BCUT2D eigenvalue weighted by Crippen LogP contribution is -2.38. The summed E-state index contributed by atoms with van der Waals surface area (Å²) in [4.78, 5) is 14.2. The van der Waals surface area contributed by atoms with Crippen molar-refractivity contribution in [2.24, 2.45) is 0 Å². The highest BCUT2D eigenvalue weighted by molar-refractivity contribution is 6.34. The average Bonchev–Trinajstić information content (AvgIpc) is 2.43. The van der Waals surface area contributed by atoms with Crippen molar-refractivity contribution in [2.75, 3.05) is 32.1 Å². The third-order valence-corrected chi connectivity index (χ3v) is 4.20. The molecule has 1 atom stereocenters. The van der Waals surface area contributed by atoms with Crippen LogP contribution in [0.15, 0.2) is 12.1 Å². The zero-order chi connectivity index (χ0) is 16.1. The van der Waals surface area contributed by atoms with E-state index in [1.807, 2.05) is 37.9 Å². The molecule has 1 heterocycles. The predicted octanol–water partition coefficient (Wildman–Crippen LogP) is 3.40. The Morgan fingerprint density at radius 3 is 2.82 bits per heavy atom. The molecule has 0 aliphatic carbocycles. The minimum Gasteiger partial charge on any atom is -0.377 e. The van der Waals surface area contributed by atoms with Crippen molar-refractivity contribution >= 4 is 23.2 Å². The summed E-state index contributed by atoms with van der Waals surface area (Å²) in [5.74, 6) is -0.0489. The van der Waals surface area contributed by atoms with Crippen molar-refractivity contribution in [3.63, 3.8) is 0 Å². The highest BCUT2D eigenvalue weighted by Crippen LogP contribution is 2.27. The number of carbonyl (C=O) groups is 1. The highest BCUT2D eigenvalue weighted by atomic mass is 35.5. The number of rotatable bonds is 5. The van der Waals surface area contributed by atoms with Gasteiger partial charge in [-0.15, -0.1) is 0 Å². The fraction of sp³-hybridized carbons (Fsp3) is 0.588. The molecule has 1 N–H and O–H groups in total. The van der Waals surface area contributed by atoms with Gasteiger partial charge in [0.2, 0.25) is 5.91 Å². The number of hydrogen-bond donors (Lipinski definition) is 1. The molecule has 0 aromatic heterocycles. The molecule has 0 saturated carbocycles. The number of anilines is 1. The van der Waals surface area contributed by atoms with E-state index in [-0.39, 0.29) is 12.0 Å². The van der Waals surface area contributed by atoms with E-state index in [4.69, 9.17) is 16.3 Å². The molecular weight excluding hydrogens is 300 g/mol. The molecule has 1 aromatic carbocycles. The molecule has 1 amide bonds. The fourth-order valence-electron chi connectivity index (χ4n) is 2.86. The van der Waals surface area contributed by atoms with Gasteiger partial charge in [0.15, 0.2) is 0 Å². The van der Waals surface area contributed by atoms with Crippen LogP contribution < -0.4 is 5.32 Å². The molecule has 0 radical (unpaired) electrons. The normalized spacial score (nSPS) is 18.5. The third kappa shape index (κ3) is 4.97. The molecule has 1 fully saturated rings. The number of halogens is 1. The van der Waals surface area contributed by atoms with Crippen molar-refractivity contribution in [3.05, 3.63) is 28.3 Å². The SMILES string of the molecule is Cc1cc(C)c(NC(=O)CN(C)CC2CCCCO2)c(Cl)c1. The zero-order valence-electron chi connectivity index (χ0n) is 13.6. The molecule has 1 unspecified atom stereocenters. The Hall–Kier alpha value is -1.10. The number of nitrogens with one attached hydrogen (secondary N) is 1. The van der Waals surface area contributed by atoms with Gasteiger partial charge in [0.25, 0.3) is 0 Å². The van der Waals surface area contributed by atoms with Crippen LogP contribution in [0.1, 0.15) is 30.4 Å². The van der Waals surface area contributed by atoms with Crippen LogP contribution in [-0.4, -0.2) is 43.7 Å². The van der Waals surface area contributed by atoms with Crippen molar-refractivity contribution in [3.8, 4) is 0 Å². The maximum atomic E-state index is 12.2. The second kappa shape index (κ2) is 7.95. The number of amides is 1. The summed E-state index contributed by atoms with van der Waals surface area (Å²) in [5, 5.41) is 3.51. The van der Waals surface area contributed by atoms with Gasteiger partial charge in [0, 0.05) is 13.2 Å². The largest absolute Gasteiger partial charge is 0.377 e. The lowest BCUT2D eigenvalue weighted by molar-refractivity contribution is -0.117. The minimum atomic E-state index is -0.0489. The Balaban J connectivity index is 1.87. The van der Waals surface area contributed by atoms with Gasteiger partial charge in [-0.2, -0.15) is 0 Å². The van der Waals surface area contributed by atoms with Gasteiger partial charge in [-0.1, -0.05) is 17.7 Å². The Labute approximate surface area is 137 Å². The van der Waals surface area contributed by atoms with Gasteiger partial charge in [-0.05, 0) is 57.4 Å². The van der Waals surface area contributed by atoms with Crippen LogP contribution in [0.25, 0.3) is 0 Å². The smallest absolute Gasteiger partial charge is 0.238 e. The molecule has 4 nitrogen and oxygen atoms in total. The monoisotopic (exact) mass is 324 g/mol. The molecule has 22 heavy (non-hydrogen) atoms. The molecule has 122 valence electrons. The first-order valence-electron chi connectivity index (χ1n) is 7.82. The van der Waals surface area contributed by atoms with E-state index in [0.29, 0.717) is 17.3 Å². The number of hydrogen-bond acceptors (Lipinski definition) is 3. The Morgan fingerprint density at radius 1 is 1.41 bits per heavy atom. The van der Waals surface area contributed by atoms with Crippen molar-refractivity contribution in [1.82, 2.24) is 4.90 Å². The second-order valence-corrected chi connectivity index (χ2v) is 6.58. The van der Waals surface area contributed by atoms with Crippen LogP contribution in [0.5, 0.6) is 0 Å². The van der Waals surface area contributed by atoms with Crippen LogP contribution in [0, 0.1) is 13.8 Å². The van der Waals surface area contributed by atoms with Gasteiger partial charge in [-0.25, -0.2) is 0 Å². The van der Waals surface area contributed by atoms with E-state index in [0.717, 1.165) is 37.1 Å². The van der Waals surface area contributed by atoms with Crippen molar-refractivity contribution in [1.29, 1.82) is 0 Å². The van der Waals surface area contributed by atoms with Crippen LogP contribution in [-0.2, 0) is 9.53 Å². The topological polar surface area (TPSA) is 41.6 Å². The van der Waals surface area contributed by atoms with Crippen molar-refractivity contribution in [2.45, 2.75) is 39.2 Å². The van der Waals surface area contributed by atoms with E-state index in [9.17, 15) is 4.79 Å². The van der Waals surface area contributed by atoms with Gasteiger partial charge >= 0.3 is 0 Å². The van der Waals surface area contributed by atoms with Gasteiger partial charge in [0.1, 0.15) is 0 Å². The van der Waals surface area contributed by atoms with Gasteiger partial charge in [-0.3, -0.25) is 9.69 Å². The molecule has 0 spiro atoms. The summed E-state index contributed by atoms with van der Waals surface area (Å²) < 4.78 is 5.71. The van der Waals surface area contributed by atoms with E-state index < -0.39 is 0 Å². The first-order chi connectivity index (χ1) is 10.5. The predicted molar refractivity (Wildman–Crippen MR) is 90.6 cm³/mol. The van der Waals surface area contributed by atoms with E-state index in [2.05, 4.69) is 5.32 Å². The molecular formula is C17H25ClN2O2. The lowest BCUT2D eigenvalue weighted by Gasteiger charge is -2.27. The van der Waals surface area contributed by atoms with E-state index in [1.54, 1.807) is 0 Å². The van der Waals surface area contributed by atoms with E-state index in [1.165, 1.54) is 6.42 Å². The zero-order valence-corrected chi connectivity index (χ0v) is 14.4. The molecule has 2 rings (SSSR count). The Bertz CT molecular complexity index is 504. The number of benzene rings is 1. The quantitative estimate of drug-likeness (QED) is 0.902. The summed E-state index contributed by atoms with van der Waals surface area (Å²) >= 11 is 6.22. The van der Waals surface area contributed by atoms with Crippen LogP contribution >= 0.6 is 11.6 Å². The van der Waals surface area contributed by atoms with Gasteiger partial charge < -0.3 is 10.1 Å². The summed E-state index contributed by atoms with van der Waals surface area (Å²) in [6, 6.07) is 3.88. The maximum Gasteiger partial charge on any atom is 0.238 e. The minimum absolute atomic E-state index is 0.0489. The molecule has 0 bridgehead atoms.